The predicted molar refractivity (Wildman–Crippen MR) is 99.2 cm³/mol. The lowest BCUT2D eigenvalue weighted by molar-refractivity contribution is -0.133. The summed E-state index contributed by atoms with van der Waals surface area (Å²) in [6, 6.07) is 15.0. The number of halogens is 1. The second-order valence-corrected chi connectivity index (χ2v) is 6.61. The molecule has 0 unspecified atom stereocenters. The zero-order chi connectivity index (χ0) is 19.2. The van der Waals surface area contributed by atoms with E-state index >= 15 is 0 Å². The molecule has 1 saturated heterocycles. The second-order valence-electron chi connectivity index (χ2n) is 6.61. The first-order valence-corrected chi connectivity index (χ1v) is 8.89. The van der Waals surface area contributed by atoms with Gasteiger partial charge in [-0.05, 0) is 42.7 Å². The Kier molecular flexibility index (Phi) is 5.82. The van der Waals surface area contributed by atoms with Gasteiger partial charge in [-0.15, -0.1) is 0 Å². The fourth-order valence-corrected chi connectivity index (χ4v) is 3.25. The maximum atomic E-state index is 13.2. The molecular formula is C21H20FN3O2. The SMILES string of the molecule is N#Cc1ccccc1NC(=O)C1CCN(C(=O)Cc2cccc(F)c2)CC1. The summed E-state index contributed by atoms with van der Waals surface area (Å²) >= 11 is 0. The number of para-hydroxylation sites is 1. The molecule has 0 radical (unpaired) electrons. The van der Waals surface area contributed by atoms with Gasteiger partial charge in [-0.1, -0.05) is 24.3 Å². The van der Waals surface area contributed by atoms with Crippen LogP contribution in [0.5, 0.6) is 0 Å². The molecule has 0 aliphatic carbocycles. The van der Waals surface area contributed by atoms with Crippen LogP contribution in [0.3, 0.4) is 0 Å². The fourth-order valence-electron chi connectivity index (χ4n) is 3.25. The average molecular weight is 365 g/mol. The van der Waals surface area contributed by atoms with Crippen molar-refractivity contribution in [2.24, 2.45) is 5.92 Å². The summed E-state index contributed by atoms with van der Waals surface area (Å²) in [5.41, 5.74) is 1.58. The molecule has 1 aliphatic rings. The molecule has 1 fully saturated rings. The van der Waals surface area contributed by atoms with Crippen molar-refractivity contribution in [1.29, 1.82) is 5.26 Å². The van der Waals surface area contributed by atoms with E-state index < -0.39 is 0 Å². The molecule has 3 rings (SSSR count). The zero-order valence-corrected chi connectivity index (χ0v) is 14.8. The highest BCUT2D eigenvalue weighted by molar-refractivity contribution is 5.94. The van der Waals surface area contributed by atoms with Gasteiger partial charge >= 0.3 is 0 Å². The highest BCUT2D eigenvalue weighted by atomic mass is 19.1. The van der Waals surface area contributed by atoms with Crippen LogP contribution in [-0.4, -0.2) is 29.8 Å². The van der Waals surface area contributed by atoms with Crippen molar-refractivity contribution in [3.8, 4) is 6.07 Å². The van der Waals surface area contributed by atoms with E-state index in [2.05, 4.69) is 11.4 Å². The third kappa shape index (κ3) is 4.70. The quantitative estimate of drug-likeness (QED) is 0.905. The van der Waals surface area contributed by atoms with E-state index in [-0.39, 0.29) is 30.0 Å². The molecular weight excluding hydrogens is 345 g/mol. The Bertz CT molecular complexity index is 883. The number of amides is 2. The van der Waals surface area contributed by atoms with Crippen molar-refractivity contribution in [3.63, 3.8) is 0 Å². The third-order valence-corrected chi connectivity index (χ3v) is 4.77. The molecule has 27 heavy (non-hydrogen) atoms. The molecule has 0 spiro atoms. The molecule has 0 bridgehead atoms. The Hall–Kier alpha value is -3.20. The van der Waals surface area contributed by atoms with E-state index in [0.717, 1.165) is 0 Å². The number of nitrogens with one attached hydrogen (secondary N) is 1. The second kappa shape index (κ2) is 8.45. The lowest BCUT2D eigenvalue weighted by atomic mass is 9.95. The third-order valence-electron chi connectivity index (χ3n) is 4.77. The zero-order valence-electron chi connectivity index (χ0n) is 14.8. The number of rotatable bonds is 4. The molecule has 1 aliphatic heterocycles. The molecule has 1 heterocycles. The highest BCUT2D eigenvalue weighted by Gasteiger charge is 2.27. The van der Waals surface area contributed by atoms with Crippen molar-refractivity contribution >= 4 is 17.5 Å². The van der Waals surface area contributed by atoms with Crippen molar-refractivity contribution < 1.29 is 14.0 Å². The summed E-state index contributed by atoms with van der Waals surface area (Å²) in [7, 11) is 0. The van der Waals surface area contributed by atoms with Gasteiger partial charge in [-0.2, -0.15) is 5.26 Å². The molecule has 0 aromatic heterocycles. The van der Waals surface area contributed by atoms with E-state index in [4.69, 9.17) is 5.26 Å². The topological polar surface area (TPSA) is 73.2 Å². The molecule has 5 nitrogen and oxygen atoms in total. The minimum absolute atomic E-state index is 0.0608. The Labute approximate surface area is 157 Å². The van der Waals surface area contributed by atoms with Crippen LogP contribution < -0.4 is 5.32 Å². The van der Waals surface area contributed by atoms with Crippen LogP contribution in [0, 0.1) is 23.1 Å². The molecule has 2 amide bonds. The Morgan fingerprint density at radius 1 is 1.15 bits per heavy atom. The number of anilines is 1. The van der Waals surface area contributed by atoms with Crippen LogP contribution in [0.4, 0.5) is 10.1 Å². The van der Waals surface area contributed by atoms with Crippen molar-refractivity contribution in [2.75, 3.05) is 18.4 Å². The number of likely N-dealkylation sites (tertiary alicyclic amines) is 1. The molecule has 138 valence electrons. The Morgan fingerprint density at radius 2 is 1.89 bits per heavy atom. The van der Waals surface area contributed by atoms with Gasteiger partial charge in [0.15, 0.2) is 0 Å². The smallest absolute Gasteiger partial charge is 0.227 e. The highest BCUT2D eigenvalue weighted by Crippen LogP contribution is 2.22. The summed E-state index contributed by atoms with van der Waals surface area (Å²) < 4.78 is 13.2. The molecule has 1 N–H and O–H groups in total. The minimum Gasteiger partial charge on any atom is -0.342 e. The summed E-state index contributed by atoms with van der Waals surface area (Å²) in [6.07, 6.45) is 1.29. The Balaban J connectivity index is 1.53. The Morgan fingerprint density at radius 3 is 2.59 bits per heavy atom. The number of hydrogen-bond acceptors (Lipinski definition) is 3. The number of benzene rings is 2. The summed E-state index contributed by atoms with van der Waals surface area (Å²) in [6.45, 7) is 0.984. The number of nitrogens with zero attached hydrogens (tertiary/aromatic N) is 2. The molecule has 6 heteroatoms. The predicted octanol–water partition coefficient (Wildman–Crippen LogP) is 3.12. The summed E-state index contributed by atoms with van der Waals surface area (Å²) in [4.78, 5) is 26.6. The number of hydrogen-bond donors (Lipinski definition) is 1. The number of nitriles is 1. The van der Waals surface area contributed by atoms with Crippen molar-refractivity contribution in [3.05, 3.63) is 65.5 Å². The first-order valence-electron chi connectivity index (χ1n) is 8.89. The van der Waals surface area contributed by atoms with Gasteiger partial charge in [0.05, 0.1) is 17.7 Å². The lowest BCUT2D eigenvalue weighted by Gasteiger charge is -2.31. The van der Waals surface area contributed by atoms with Gasteiger partial charge in [0.2, 0.25) is 11.8 Å². The molecule has 0 saturated carbocycles. The minimum atomic E-state index is -0.353. The van der Waals surface area contributed by atoms with Crippen LogP contribution >= 0.6 is 0 Å². The summed E-state index contributed by atoms with van der Waals surface area (Å²) in [5, 5.41) is 11.9. The van der Waals surface area contributed by atoms with E-state index in [0.29, 0.717) is 42.7 Å². The van der Waals surface area contributed by atoms with Crippen LogP contribution in [0.15, 0.2) is 48.5 Å². The van der Waals surface area contributed by atoms with Crippen molar-refractivity contribution in [1.82, 2.24) is 4.90 Å². The van der Waals surface area contributed by atoms with Crippen LogP contribution in [0.25, 0.3) is 0 Å². The maximum Gasteiger partial charge on any atom is 0.227 e. The van der Waals surface area contributed by atoms with Gasteiger partial charge in [0, 0.05) is 19.0 Å². The number of carbonyl (C=O) groups is 2. The number of piperidine rings is 1. The van der Waals surface area contributed by atoms with Gasteiger partial charge < -0.3 is 10.2 Å². The van der Waals surface area contributed by atoms with Gasteiger partial charge in [0.25, 0.3) is 0 Å². The van der Waals surface area contributed by atoms with E-state index in [1.165, 1.54) is 12.1 Å². The van der Waals surface area contributed by atoms with Gasteiger partial charge in [-0.25, -0.2) is 4.39 Å². The van der Waals surface area contributed by atoms with E-state index in [1.807, 2.05) is 0 Å². The lowest BCUT2D eigenvalue weighted by Crippen LogP contribution is -2.42. The molecule has 2 aromatic carbocycles. The maximum absolute atomic E-state index is 13.2. The van der Waals surface area contributed by atoms with E-state index in [1.54, 1.807) is 41.3 Å². The first kappa shape index (κ1) is 18.6. The van der Waals surface area contributed by atoms with Gasteiger partial charge in [0.1, 0.15) is 11.9 Å². The van der Waals surface area contributed by atoms with Gasteiger partial charge in [-0.3, -0.25) is 9.59 Å². The average Bonchev–Trinajstić information content (AvgIpc) is 2.68. The largest absolute Gasteiger partial charge is 0.342 e. The van der Waals surface area contributed by atoms with Crippen LogP contribution in [0.1, 0.15) is 24.0 Å². The molecule has 0 atom stereocenters. The van der Waals surface area contributed by atoms with Crippen molar-refractivity contribution in [2.45, 2.75) is 19.3 Å². The molecule has 2 aromatic rings. The van der Waals surface area contributed by atoms with E-state index in [9.17, 15) is 14.0 Å². The standard InChI is InChI=1S/C21H20FN3O2/c22-18-6-3-4-15(12-18)13-20(26)25-10-8-16(9-11-25)21(27)24-19-7-2-1-5-17(19)14-23/h1-7,12,16H,8-11,13H2,(H,24,27). The fraction of sp³-hybridized carbons (Fsp3) is 0.286. The summed E-state index contributed by atoms with van der Waals surface area (Å²) in [5.74, 6) is -0.743. The first-order chi connectivity index (χ1) is 13.1. The van der Waals surface area contributed by atoms with Crippen LogP contribution in [0.2, 0.25) is 0 Å². The number of carbonyl (C=O) groups excluding carboxylic acids is 2. The normalized spacial score (nSPS) is 14.4. The van der Waals surface area contributed by atoms with Crippen LogP contribution in [-0.2, 0) is 16.0 Å². The monoisotopic (exact) mass is 365 g/mol.